The molecule has 4 rings (SSSR count). The van der Waals surface area contributed by atoms with Gasteiger partial charge in [-0.05, 0) is 37.0 Å². The minimum Gasteiger partial charge on any atom is -0.392 e. The number of hydrogen-bond donors (Lipinski definition) is 1. The van der Waals surface area contributed by atoms with Gasteiger partial charge in [0.2, 0.25) is 5.89 Å². The van der Waals surface area contributed by atoms with E-state index in [0.29, 0.717) is 31.3 Å². The lowest BCUT2D eigenvalue weighted by molar-refractivity contribution is 0.170. The van der Waals surface area contributed by atoms with Gasteiger partial charge in [-0.15, -0.1) is 0 Å². The summed E-state index contributed by atoms with van der Waals surface area (Å²) >= 11 is 0. The van der Waals surface area contributed by atoms with Crippen LogP contribution >= 0.6 is 0 Å². The highest BCUT2D eigenvalue weighted by Gasteiger charge is 2.34. The van der Waals surface area contributed by atoms with Gasteiger partial charge in [-0.25, -0.2) is 4.39 Å². The molecule has 1 saturated heterocycles. The number of nitrogens with zero attached hydrogens (tertiary/aromatic N) is 3. The van der Waals surface area contributed by atoms with Gasteiger partial charge in [0, 0.05) is 18.5 Å². The van der Waals surface area contributed by atoms with Gasteiger partial charge in [0.25, 0.3) is 0 Å². The first-order valence-corrected chi connectivity index (χ1v) is 7.69. The molecule has 0 bridgehead atoms. The number of halogens is 1. The maximum Gasteiger partial charge on any atom is 0.229 e. The number of β-amino-alcohol motifs (C(OH)–C–C–N with tert-alkyl or cyclic N) is 1. The van der Waals surface area contributed by atoms with Crippen LogP contribution in [0, 0.1) is 5.82 Å². The van der Waals surface area contributed by atoms with Crippen molar-refractivity contribution in [3.05, 3.63) is 47.4 Å². The summed E-state index contributed by atoms with van der Waals surface area (Å²) in [5.41, 5.74) is 0.877. The number of rotatable bonds is 4. The molecule has 116 valence electrons. The molecule has 22 heavy (non-hydrogen) atoms. The van der Waals surface area contributed by atoms with Crippen molar-refractivity contribution >= 4 is 0 Å². The zero-order chi connectivity index (χ0) is 15.1. The lowest BCUT2D eigenvalue weighted by Gasteiger charge is -2.22. The van der Waals surface area contributed by atoms with Gasteiger partial charge in [-0.1, -0.05) is 17.3 Å². The molecule has 2 aliphatic rings. The van der Waals surface area contributed by atoms with Crippen LogP contribution in [0.4, 0.5) is 4.39 Å². The van der Waals surface area contributed by atoms with Crippen molar-refractivity contribution < 1.29 is 14.0 Å². The first-order valence-electron chi connectivity index (χ1n) is 7.69. The Labute approximate surface area is 127 Å². The highest BCUT2D eigenvalue weighted by atomic mass is 19.1. The summed E-state index contributed by atoms with van der Waals surface area (Å²) in [4.78, 5) is 6.52. The fraction of sp³-hybridized carbons (Fsp3) is 0.500. The molecule has 0 amide bonds. The van der Waals surface area contributed by atoms with Gasteiger partial charge >= 0.3 is 0 Å². The maximum atomic E-state index is 13.5. The molecule has 2 heterocycles. The number of benzene rings is 1. The molecular weight excluding hydrogens is 285 g/mol. The van der Waals surface area contributed by atoms with Crippen LogP contribution in [-0.4, -0.2) is 32.8 Å². The molecule has 0 unspecified atom stereocenters. The first kappa shape index (κ1) is 13.8. The van der Waals surface area contributed by atoms with Crippen LogP contribution in [0.5, 0.6) is 0 Å². The maximum absolute atomic E-state index is 13.5. The van der Waals surface area contributed by atoms with Crippen LogP contribution in [0.25, 0.3) is 0 Å². The molecule has 2 aromatic rings. The Kier molecular flexibility index (Phi) is 3.43. The molecule has 1 N–H and O–H groups in total. The van der Waals surface area contributed by atoms with Crippen molar-refractivity contribution in [3.63, 3.8) is 0 Å². The van der Waals surface area contributed by atoms with Crippen LogP contribution in [0.15, 0.2) is 28.8 Å². The molecule has 5 nitrogen and oxygen atoms in total. The van der Waals surface area contributed by atoms with Gasteiger partial charge in [0.15, 0.2) is 5.82 Å². The smallest absolute Gasteiger partial charge is 0.229 e. The van der Waals surface area contributed by atoms with Gasteiger partial charge in [0.1, 0.15) is 5.82 Å². The largest absolute Gasteiger partial charge is 0.392 e. The van der Waals surface area contributed by atoms with E-state index in [1.807, 2.05) is 6.07 Å². The number of hydrogen-bond acceptors (Lipinski definition) is 5. The van der Waals surface area contributed by atoms with Crippen molar-refractivity contribution in [1.82, 2.24) is 15.0 Å². The molecule has 0 radical (unpaired) electrons. The summed E-state index contributed by atoms with van der Waals surface area (Å²) in [6, 6.07) is 6.54. The Morgan fingerprint density at radius 1 is 1.36 bits per heavy atom. The minimum atomic E-state index is -0.414. The van der Waals surface area contributed by atoms with Crippen molar-refractivity contribution in [2.75, 3.05) is 6.54 Å². The molecule has 2 atom stereocenters. The second-order valence-corrected chi connectivity index (χ2v) is 6.21. The Bertz CT molecular complexity index is 671. The van der Waals surface area contributed by atoms with E-state index in [1.54, 1.807) is 6.07 Å². The molecule has 1 saturated carbocycles. The molecule has 1 aliphatic carbocycles. The van der Waals surface area contributed by atoms with E-state index < -0.39 is 6.10 Å². The second-order valence-electron chi connectivity index (χ2n) is 6.21. The molecule has 1 aromatic heterocycles. The predicted molar refractivity (Wildman–Crippen MR) is 76.4 cm³/mol. The standard InChI is InChI=1S/C16H18FN3O2/c17-12-3-1-2-11(6-12)14-7-13(21)8-20(14)9-15-18-16(22-19-15)10-4-5-10/h1-3,6,10,13-14,21H,4-5,7-9H2/t13-,14-/m1/s1. The van der Waals surface area contributed by atoms with Crippen molar-refractivity contribution in [2.45, 2.75) is 43.9 Å². The highest BCUT2D eigenvalue weighted by molar-refractivity contribution is 5.22. The quantitative estimate of drug-likeness (QED) is 0.939. The Hall–Kier alpha value is -1.79. The highest BCUT2D eigenvalue weighted by Crippen LogP contribution is 2.39. The Morgan fingerprint density at radius 2 is 2.23 bits per heavy atom. The Balaban J connectivity index is 1.53. The topological polar surface area (TPSA) is 62.4 Å². The van der Waals surface area contributed by atoms with Crippen LogP contribution in [0.2, 0.25) is 0 Å². The first-order chi connectivity index (χ1) is 10.7. The van der Waals surface area contributed by atoms with Gasteiger partial charge in [-0.3, -0.25) is 4.90 Å². The summed E-state index contributed by atoms with van der Waals surface area (Å²) < 4.78 is 18.7. The van der Waals surface area contributed by atoms with Crippen LogP contribution in [0.3, 0.4) is 0 Å². The van der Waals surface area contributed by atoms with Gasteiger partial charge < -0.3 is 9.63 Å². The predicted octanol–water partition coefficient (Wildman–Crippen LogP) is 2.39. The van der Waals surface area contributed by atoms with E-state index in [4.69, 9.17) is 4.52 Å². The Morgan fingerprint density at radius 3 is 3.00 bits per heavy atom. The second kappa shape index (κ2) is 5.44. The summed E-state index contributed by atoms with van der Waals surface area (Å²) in [7, 11) is 0. The third kappa shape index (κ3) is 2.76. The monoisotopic (exact) mass is 303 g/mol. The summed E-state index contributed by atoms with van der Waals surface area (Å²) in [6.07, 6.45) is 2.42. The van der Waals surface area contributed by atoms with E-state index in [0.717, 1.165) is 24.3 Å². The van der Waals surface area contributed by atoms with E-state index in [-0.39, 0.29) is 11.9 Å². The number of aliphatic hydroxyl groups is 1. The lowest BCUT2D eigenvalue weighted by atomic mass is 10.0. The molecule has 2 fully saturated rings. The number of aromatic nitrogens is 2. The zero-order valence-electron chi connectivity index (χ0n) is 12.2. The average molecular weight is 303 g/mol. The van der Waals surface area contributed by atoms with Crippen LogP contribution < -0.4 is 0 Å². The third-order valence-electron chi connectivity index (χ3n) is 4.37. The van der Waals surface area contributed by atoms with E-state index >= 15 is 0 Å². The fourth-order valence-electron chi connectivity index (χ4n) is 3.12. The molecule has 6 heteroatoms. The zero-order valence-corrected chi connectivity index (χ0v) is 12.2. The van der Waals surface area contributed by atoms with Crippen molar-refractivity contribution in [2.24, 2.45) is 0 Å². The van der Waals surface area contributed by atoms with Crippen LogP contribution in [-0.2, 0) is 6.54 Å². The van der Waals surface area contributed by atoms with E-state index in [2.05, 4.69) is 15.0 Å². The molecule has 0 spiro atoms. The van der Waals surface area contributed by atoms with E-state index in [9.17, 15) is 9.50 Å². The fourth-order valence-corrected chi connectivity index (χ4v) is 3.12. The molecular formula is C16H18FN3O2. The summed E-state index contributed by atoms with van der Waals surface area (Å²) in [6.45, 7) is 1.04. The van der Waals surface area contributed by atoms with Crippen molar-refractivity contribution in [3.8, 4) is 0 Å². The van der Waals surface area contributed by atoms with E-state index in [1.165, 1.54) is 12.1 Å². The molecule has 1 aliphatic heterocycles. The summed E-state index contributed by atoms with van der Waals surface area (Å²) in [5.74, 6) is 1.54. The van der Waals surface area contributed by atoms with Gasteiger partial charge in [0.05, 0.1) is 12.6 Å². The number of likely N-dealkylation sites (tertiary alicyclic amines) is 1. The number of aliphatic hydroxyl groups excluding tert-OH is 1. The van der Waals surface area contributed by atoms with Crippen molar-refractivity contribution in [1.29, 1.82) is 0 Å². The molecule has 1 aromatic carbocycles. The third-order valence-corrected chi connectivity index (χ3v) is 4.37. The van der Waals surface area contributed by atoms with Gasteiger partial charge in [-0.2, -0.15) is 4.98 Å². The average Bonchev–Trinajstić information content (AvgIpc) is 3.13. The summed E-state index contributed by atoms with van der Waals surface area (Å²) in [5, 5.41) is 14.0. The van der Waals surface area contributed by atoms with Crippen LogP contribution in [0.1, 0.15) is 48.5 Å². The normalized spacial score (nSPS) is 25.7. The SMILES string of the molecule is O[C@@H]1C[C@H](c2cccc(F)c2)N(Cc2noc(C3CC3)n2)C1. The minimum absolute atomic E-state index is 0.0198. The lowest BCUT2D eigenvalue weighted by Crippen LogP contribution is -2.25.